The maximum Gasteiger partial charge on any atom is 0.237 e. The maximum absolute atomic E-state index is 12.5. The minimum absolute atomic E-state index is 0.0651. The number of thioether (sulfide) groups is 1. The van der Waals surface area contributed by atoms with Crippen LogP contribution < -0.4 is 15.0 Å². The van der Waals surface area contributed by atoms with Crippen LogP contribution in [0.2, 0.25) is 0 Å². The second-order valence-corrected chi connectivity index (χ2v) is 9.28. The summed E-state index contributed by atoms with van der Waals surface area (Å²) in [6.07, 6.45) is 2.41. The summed E-state index contributed by atoms with van der Waals surface area (Å²) >= 11 is 2.99. The van der Waals surface area contributed by atoms with Gasteiger partial charge in [0.2, 0.25) is 11.0 Å². The Morgan fingerprint density at radius 3 is 2.48 bits per heavy atom. The van der Waals surface area contributed by atoms with Gasteiger partial charge in [-0.25, -0.2) is 0 Å². The molecule has 29 heavy (non-hydrogen) atoms. The molecule has 0 spiro atoms. The van der Waals surface area contributed by atoms with E-state index in [1.807, 2.05) is 61.5 Å². The summed E-state index contributed by atoms with van der Waals surface area (Å²) in [4.78, 5) is 14.8. The summed E-state index contributed by atoms with van der Waals surface area (Å²) < 4.78 is 6.60. The van der Waals surface area contributed by atoms with Gasteiger partial charge < -0.3 is 15.0 Å². The average molecular weight is 427 g/mol. The molecular weight excluding hydrogens is 404 g/mol. The summed E-state index contributed by atoms with van der Waals surface area (Å²) in [5, 5.41) is 12.1. The van der Waals surface area contributed by atoms with E-state index in [9.17, 15) is 4.79 Å². The van der Waals surface area contributed by atoms with Gasteiger partial charge in [-0.05, 0) is 56.2 Å². The lowest BCUT2D eigenvalue weighted by molar-refractivity contribution is -0.115. The minimum atomic E-state index is -0.269. The van der Waals surface area contributed by atoms with Crippen molar-refractivity contribution in [3.05, 3.63) is 54.6 Å². The van der Waals surface area contributed by atoms with Crippen LogP contribution >= 0.6 is 23.1 Å². The van der Waals surface area contributed by atoms with Gasteiger partial charge in [-0.3, -0.25) is 4.79 Å². The monoisotopic (exact) mass is 426 g/mol. The molecule has 0 radical (unpaired) electrons. The zero-order valence-electron chi connectivity index (χ0n) is 16.1. The minimum Gasteiger partial charge on any atom is -0.457 e. The number of hydrogen-bond donors (Lipinski definition) is 1. The summed E-state index contributed by atoms with van der Waals surface area (Å²) in [7, 11) is 0. The van der Waals surface area contributed by atoms with Crippen molar-refractivity contribution in [2.24, 2.45) is 0 Å². The molecular formula is C21H22N4O2S2. The lowest BCUT2D eigenvalue weighted by Crippen LogP contribution is -2.22. The molecule has 1 saturated heterocycles. The Morgan fingerprint density at radius 2 is 1.76 bits per heavy atom. The van der Waals surface area contributed by atoms with Gasteiger partial charge >= 0.3 is 0 Å². The van der Waals surface area contributed by atoms with Crippen molar-refractivity contribution in [2.75, 3.05) is 23.3 Å². The topological polar surface area (TPSA) is 67.4 Å². The summed E-state index contributed by atoms with van der Waals surface area (Å²) in [5.74, 6) is 1.43. The van der Waals surface area contributed by atoms with E-state index >= 15 is 0 Å². The van der Waals surface area contributed by atoms with Crippen molar-refractivity contribution in [1.82, 2.24) is 10.2 Å². The number of para-hydroxylation sites is 1. The van der Waals surface area contributed by atoms with Crippen molar-refractivity contribution in [3.8, 4) is 11.5 Å². The van der Waals surface area contributed by atoms with Crippen molar-refractivity contribution >= 4 is 39.8 Å². The first-order valence-electron chi connectivity index (χ1n) is 9.56. The highest BCUT2D eigenvalue weighted by atomic mass is 32.2. The molecule has 2 heterocycles. The third-order valence-corrected chi connectivity index (χ3v) is 6.69. The molecule has 1 aliphatic rings. The number of nitrogens with one attached hydrogen (secondary N) is 1. The first kappa shape index (κ1) is 19.7. The van der Waals surface area contributed by atoms with Crippen LogP contribution in [-0.4, -0.2) is 34.4 Å². The number of anilines is 2. The molecule has 1 aliphatic heterocycles. The zero-order valence-corrected chi connectivity index (χ0v) is 17.7. The largest absolute Gasteiger partial charge is 0.457 e. The van der Waals surface area contributed by atoms with E-state index in [4.69, 9.17) is 4.74 Å². The Balaban J connectivity index is 1.30. The predicted octanol–water partition coefficient (Wildman–Crippen LogP) is 5.05. The molecule has 1 aromatic heterocycles. The molecule has 1 amide bonds. The number of amides is 1. The number of carbonyl (C=O) groups is 1. The fourth-order valence-corrected chi connectivity index (χ4v) is 5.00. The van der Waals surface area contributed by atoms with Crippen LogP contribution in [0.15, 0.2) is 58.9 Å². The Morgan fingerprint density at radius 1 is 1.07 bits per heavy atom. The second kappa shape index (κ2) is 9.28. The van der Waals surface area contributed by atoms with Crippen LogP contribution in [0.25, 0.3) is 0 Å². The SMILES string of the molecule is CC(Sc1nnc(N2CCCC2)s1)C(=O)Nc1ccc(Oc2ccccc2)cc1. The molecule has 8 heteroatoms. The molecule has 1 unspecified atom stereocenters. The molecule has 2 aromatic carbocycles. The smallest absolute Gasteiger partial charge is 0.237 e. The summed E-state index contributed by atoms with van der Waals surface area (Å²) in [6.45, 7) is 3.96. The molecule has 0 bridgehead atoms. The van der Waals surface area contributed by atoms with Gasteiger partial charge in [-0.15, -0.1) is 10.2 Å². The quantitative estimate of drug-likeness (QED) is 0.533. The highest BCUT2D eigenvalue weighted by molar-refractivity contribution is 8.02. The van der Waals surface area contributed by atoms with E-state index in [1.54, 1.807) is 11.3 Å². The number of benzene rings is 2. The van der Waals surface area contributed by atoms with E-state index < -0.39 is 0 Å². The summed E-state index contributed by atoms with van der Waals surface area (Å²) in [6, 6.07) is 17.0. The predicted molar refractivity (Wildman–Crippen MR) is 118 cm³/mol. The maximum atomic E-state index is 12.5. The molecule has 3 aromatic rings. The third-order valence-electron chi connectivity index (χ3n) is 4.52. The number of rotatable bonds is 7. The molecule has 1 N–H and O–H groups in total. The van der Waals surface area contributed by atoms with Crippen molar-refractivity contribution < 1.29 is 9.53 Å². The Hall–Kier alpha value is -2.58. The van der Waals surface area contributed by atoms with E-state index in [-0.39, 0.29) is 11.2 Å². The molecule has 150 valence electrons. The van der Waals surface area contributed by atoms with Crippen molar-refractivity contribution in [1.29, 1.82) is 0 Å². The lowest BCUT2D eigenvalue weighted by Gasteiger charge is -2.12. The first-order valence-corrected chi connectivity index (χ1v) is 11.3. The van der Waals surface area contributed by atoms with Gasteiger partial charge in [-0.1, -0.05) is 41.3 Å². The summed E-state index contributed by atoms with van der Waals surface area (Å²) in [5.41, 5.74) is 0.734. The molecule has 4 rings (SSSR count). The number of carbonyl (C=O) groups excluding carboxylic acids is 1. The lowest BCUT2D eigenvalue weighted by atomic mass is 10.3. The second-order valence-electron chi connectivity index (χ2n) is 6.73. The first-order chi connectivity index (χ1) is 14.2. The van der Waals surface area contributed by atoms with E-state index in [0.29, 0.717) is 0 Å². The van der Waals surface area contributed by atoms with E-state index in [1.165, 1.54) is 24.6 Å². The Labute approximate surface area is 178 Å². The van der Waals surface area contributed by atoms with Gasteiger partial charge in [0.25, 0.3) is 0 Å². The van der Waals surface area contributed by atoms with Crippen LogP contribution in [0.5, 0.6) is 11.5 Å². The molecule has 1 fully saturated rings. The van der Waals surface area contributed by atoms with Gasteiger partial charge in [0, 0.05) is 18.8 Å². The standard InChI is InChI=1S/C21H22N4O2S2/c1-15(28-21-24-23-20(29-21)25-13-5-6-14-25)19(26)22-16-9-11-18(12-10-16)27-17-7-3-2-4-8-17/h2-4,7-12,15H,5-6,13-14H2,1H3,(H,22,26). The van der Waals surface area contributed by atoms with Crippen molar-refractivity contribution in [2.45, 2.75) is 29.4 Å². The van der Waals surface area contributed by atoms with Gasteiger partial charge in [0.1, 0.15) is 11.5 Å². The van der Waals surface area contributed by atoms with Crippen LogP contribution in [-0.2, 0) is 4.79 Å². The number of ether oxygens (including phenoxy) is 1. The third kappa shape index (κ3) is 5.27. The van der Waals surface area contributed by atoms with E-state index in [0.717, 1.165) is 39.7 Å². The van der Waals surface area contributed by atoms with Gasteiger partial charge in [0.15, 0.2) is 4.34 Å². The Kier molecular flexibility index (Phi) is 6.31. The molecule has 6 nitrogen and oxygen atoms in total. The highest BCUT2D eigenvalue weighted by Gasteiger charge is 2.20. The van der Waals surface area contributed by atoms with Crippen LogP contribution in [0.1, 0.15) is 19.8 Å². The van der Waals surface area contributed by atoms with Gasteiger partial charge in [0.05, 0.1) is 5.25 Å². The highest BCUT2D eigenvalue weighted by Crippen LogP contribution is 2.32. The van der Waals surface area contributed by atoms with Gasteiger partial charge in [-0.2, -0.15) is 0 Å². The number of nitrogens with zero attached hydrogens (tertiary/aromatic N) is 3. The van der Waals surface area contributed by atoms with Crippen molar-refractivity contribution in [3.63, 3.8) is 0 Å². The van der Waals surface area contributed by atoms with Crippen LogP contribution in [0, 0.1) is 0 Å². The number of hydrogen-bond acceptors (Lipinski definition) is 7. The molecule has 1 atom stereocenters. The normalized spacial score (nSPS) is 14.6. The molecule has 0 aliphatic carbocycles. The van der Waals surface area contributed by atoms with Crippen LogP contribution in [0.3, 0.4) is 0 Å². The van der Waals surface area contributed by atoms with Crippen LogP contribution in [0.4, 0.5) is 10.8 Å². The fraction of sp³-hybridized carbons (Fsp3) is 0.286. The zero-order chi connectivity index (χ0) is 20.1. The van der Waals surface area contributed by atoms with E-state index in [2.05, 4.69) is 20.4 Å². The Bertz CT molecular complexity index is 941. The average Bonchev–Trinajstić information content (AvgIpc) is 3.42. The number of aromatic nitrogens is 2. The molecule has 0 saturated carbocycles. The fourth-order valence-electron chi connectivity index (χ4n) is 2.97.